The van der Waals surface area contributed by atoms with Crippen molar-refractivity contribution in [2.45, 2.75) is 13.8 Å². The summed E-state index contributed by atoms with van der Waals surface area (Å²) in [4.78, 5) is 3.61. The van der Waals surface area contributed by atoms with Crippen molar-refractivity contribution in [3.05, 3.63) is 64.5 Å². The summed E-state index contributed by atoms with van der Waals surface area (Å²) in [5, 5.41) is 0. The molecule has 0 spiro atoms. The van der Waals surface area contributed by atoms with Crippen LogP contribution in [0.1, 0.15) is 16.7 Å². The largest absolute Gasteiger partial charge is 0.280 e. The molecule has 0 saturated heterocycles. The van der Waals surface area contributed by atoms with Crippen molar-refractivity contribution in [2.24, 2.45) is 0 Å². The number of nitrogens with zero attached hydrogens (tertiary/aromatic N) is 3. The van der Waals surface area contributed by atoms with Gasteiger partial charge in [-0.25, -0.2) is 9.33 Å². The summed E-state index contributed by atoms with van der Waals surface area (Å²) >= 11 is 0. The predicted molar refractivity (Wildman–Crippen MR) is 92.2 cm³/mol. The van der Waals surface area contributed by atoms with E-state index in [2.05, 4.69) is 67.8 Å². The zero-order valence-electron chi connectivity index (χ0n) is 13.6. The van der Waals surface area contributed by atoms with E-state index in [0.29, 0.717) is 5.69 Å². The van der Waals surface area contributed by atoms with Crippen LogP contribution in [0, 0.1) is 20.4 Å². The second-order valence-corrected chi connectivity index (χ2v) is 6.52. The molecule has 110 valence electrons. The van der Waals surface area contributed by atoms with E-state index in [1.54, 1.807) is 0 Å². The quantitative estimate of drug-likeness (QED) is 0.423. The van der Waals surface area contributed by atoms with Crippen LogP contribution >= 0.6 is 0 Å². The molecule has 0 fully saturated rings. The van der Waals surface area contributed by atoms with Crippen LogP contribution in [0.25, 0.3) is 4.85 Å². The molecular weight excluding hydrogens is 270 g/mol. The van der Waals surface area contributed by atoms with Crippen molar-refractivity contribution in [1.29, 1.82) is 0 Å². The fourth-order valence-electron chi connectivity index (χ4n) is 3.47. The van der Waals surface area contributed by atoms with E-state index in [-0.39, 0.29) is 0 Å². The molecule has 0 saturated carbocycles. The van der Waals surface area contributed by atoms with Gasteiger partial charge >= 0.3 is 0 Å². The summed E-state index contributed by atoms with van der Waals surface area (Å²) in [6.07, 6.45) is 2.18. The number of quaternary nitrogens is 1. The molecular formula is C19H21N3+2. The van der Waals surface area contributed by atoms with E-state index >= 15 is 0 Å². The summed E-state index contributed by atoms with van der Waals surface area (Å²) in [5.74, 6) is 0. The van der Waals surface area contributed by atoms with E-state index in [1.165, 1.54) is 22.5 Å². The Morgan fingerprint density at radius 2 is 1.82 bits per heavy atom. The molecule has 1 aliphatic heterocycles. The lowest BCUT2D eigenvalue weighted by molar-refractivity contribution is -0.459. The average molecular weight is 291 g/mol. The highest BCUT2D eigenvalue weighted by atomic mass is 15.4. The first-order valence-corrected chi connectivity index (χ1v) is 7.45. The number of hydrogen-bond acceptors (Lipinski definition) is 0. The van der Waals surface area contributed by atoms with Gasteiger partial charge in [0.1, 0.15) is 0 Å². The fraction of sp³-hybridized carbons (Fsp3) is 0.263. The number of fused-ring (bicyclic) bond motifs is 1. The molecule has 0 unspecified atom stereocenters. The molecule has 0 aliphatic carbocycles. The lowest BCUT2D eigenvalue weighted by atomic mass is 10.0. The number of para-hydroxylation sites is 1. The molecule has 22 heavy (non-hydrogen) atoms. The van der Waals surface area contributed by atoms with Gasteiger partial charge in [-0.3, -0.25) is 0 Å². The molecule has 3 nitrogen and oxygen atoms in total. The number of aryl methyl sites for hydroxylation is 2. The summed E-state index contributed by atoms with van der Waals surface area (Å²) in [6.45, 7) is 12.4. The van der Waals surface area contributed by atoms with Gasteiger partial charge < -0.3 is 0 Å². The minimum absolute atomic E-state index is 0.708. The Hall–Kier alpha value is -2.44. The molecule has 0 N–H and O–H groups in total. The SMILES string of the molecule is [C-]#[N+]c1cc(C)c2c(c1)C=[N+](c1ccccc1C)C[N+]2(C)C. The minimum Gasteiger partial charge on any atom is -0.240 e. The third kappa shape index (κ3) is 2.32. The Bertz CT molecular complexity index is 823. The van der Waals surface area contributed by atoms with Gasteiger partial charge in [0.25, 0.3) is 6.67 Å². The normalized spacial score (nSPS) is 15.7. The highest BCUT2D eigenvalue weighted by molar-refractivity contribution is 5.89. The van der Waals surface area contributed by atoms with Crippen LogP contribution in [0.5, 0.6) is 0 Å². The third-order valence-corrected chi connectivity index (χ3v) is 4.27. The van der Waals surface area contributed by atoms with Gasteiger partial charge in [0, 0.05) is 17.2 Å². The van der Waals surface area contributed by atoms with Crippen LogP contribution in [-0.2, 0) is 0 Å². The molecule has 0 aromatic heterocycles. The molecule has 3 heteroatoms. The Labute approximate surface area is 132 Å². The standard InChI is InChI=1S/C19H21N3/c1-14-8-6-7-9-18(14)21-12-16-11-17(20-3)10-15(2)19(16)22(4,5)13-21/h6-12H,13H2,1-2,4-5H3/q+2. The van der Waals surface area contributed by atoms with Crippen molar-refractivity contribution in [3.8, 4) is 0 Å². The summed E-state index contributed by atoms with van der Waals surface area (Å²) in [6, 6.07) is 12.4. The summed E-state index contributed by atoms with van der Waals surface area (Å²) in [7, 11) is 4.45. The monoisotopic (exact) mass is 291 g/mol. The molecule has 1 heterocycles. The van der Waals surface area contributed by atoms with Gasteiger partial charge in [0.2, 0.25) is 5.69 Å². The topological polar surface area (TPSA) is 7.37 Å². The fourth-order valence-corrected chi connectivity index (χ4v) is 3.47. The molecule has 3 rings (SSSR count). The van der Waals surface area contributed by atoms with Crippen molar-refractivity contribution in [2.75, 3.05) is 20.8 Å². The predicted octanol–water partition coefficient (Wildman–Crippen LogP) is 4.16. The lowest BCUT2D eigenvalue weighted by Gasteiger charge is -2.32. The Morgan fingerprint density at radius 3 is 2.50 bits per heavy atom. The maximum atomic E-state index is 7.30. The van der Waals surface area contributed by atoms with E-state index in [4.69, 9.17) is 6.57 Å². The molecule has 2 aromatic rings. The van der Waals surface area contributed by atoms with Gasteiger partial charge in [0.05, 0.1) is 26.2 Å². The maximum absolute atomic E-state index is 7.30. The molecule has 1 aliphatic rings. The second kappa shape index (κ2) is 5.08. The Balaban J connectivity index is 2.24. The van der Waals surface area contributed by atoms with Crippen LogP contribution < -0.4 is 4.48 Å². The first-order valence-electron chi connectivity index (χ1n) is 7.45. The minimum atomic E-state index is 0.708. The molecule has 0 bridgehead atoms. The lowest BCUT2D eigenvalue weighted by Crippen LogP contribution is -2.49. The van der Waals surface area contributed by atoms with Crippen LogP contribution in [0.15, 0.2) is 36.4 Å². The smallest absolute Gasteiger partial charge is 0.240 e. The Morgan fingerprint density at radius 1 is 1.09 bits per heavy atom. The average Bonchev–Trinajstić information content (AvgIpc) is 2.45. The Kier molecular flexibility index (Phi) is 3.35. The zero-order chi connectivity index (χ0) is 15.9. The number of hydrogen-bond donors (Lipinski definition) is 0. The second-order valence-electron chi connectivity index (χ2n) is 6.52. The molecule has 0 radical (unpaired) electrons. The molecule has 2 aromatic carbocycles. The van der Waals surface area contributed by atoms with Crippen LogP contribution in [0.3, 0.4) is 0 Å². The van der Waals surface area contributed by atoms with Crippen molar-refractivity contribution >= 4 is 23.3 Å². The van der Waals surface area contributed by atoms with Crippen LogP contribution in [0.4, 0.5) is 17.1 Å². The van der Waals surface area contributed by atoms with E-state index in [1.807, 2.05) is 12.1 Å². The van der Waals surface area contributed by atoms with Crippen LogP contribution in [-0.4, -0.2) is 31.6 Å². The molecule has 0 amide bonds. The van der Waals surface area contributed by atoms with E-state index in [0.717, 1.165) is 16.7 Å². The van der Waals surface area contributed by atoms with E-state index < -0.39 is 0 Å². The van der Waals surface area contributed by atoms with Gasteiger partial charge in [-0.2, -0.15) is 0 Å². The zero-order valence-corrected chi connectivity index (χ0v) is 13.6. The first-order chi connectivity index (χ1) is 10.4. The van der Waals surface area contributed by atoms with Gasteiger partial charge in [-0.15, -0.1) is 4.58 Å². The van der Waals surface area contributed by atoms with Crippen molar-refractivity contribution in [1.82, 2.24) is 4.48 Å². The maximum Gasteiger partial charge on any atom is 0.280 e. The van der Waals surface area contributed by atoms with Crippen molar-refractivity contribution in [3.63, 3.8) is 0 Å². The van der Waals surface area contributed by atoms with E-state index in [9.17, 15) is 0 Å². The summed E-state index contributed by atoms with van der Waals surface area (Å²) in [5.41, 5.74) is 6.83. The number of rotatable bonds is 1. The highest BCUT2D eigenvalue weighted by Crippen LogP contribution is 2.35. The third-order valence-electron chi connectivity index (χ3n) is 4.27. The van der Waals surface area contributed by atoms with Gasteiger partial charge in [0.15, 0.2) is 17.6 Å². The number of benzene rings is 2. The molecule has 0 atom stereocenters. The van der Waals surface area contributed by atoms with Crippen molar-refractivity contribution < 1.29 is 4.58 Å². The summed E-state index contributed by atoms with van der Waals surface area (Å²) < 4.78 is 3.08. The first kappa shape index (κ1) is 14.5. The van der Waals surface area contributed by atoms with Gasteiger partial charge in [-0.05, 0) is 26.0 Å². The van der Waals surface area contributed by atoms with Crippen LogP contribution in [0.2, 0.25) is 0 Å². The van der Waals surface area contributed by atoms with Gasteiger partial charge in [-0.1, -0.05) is 18.2 Å². The highest BCUT2D eigenvalue weighted by Gasteiger charge is 2.36.